The van der Waals surface area contributed by atoms with Crippen LogP contribution < -0.4 is 10.6 Å². The molecule has 146 valence electrons. The third-order valence-corrected chi connectivity index (χ3v) is 8.72. The summed E-state index contributed by atoms with van der Waals surface area (Å²) < 4.78 is 2.22. The van der Waals surface area contributed by atoms with E-state index in [1.807, 2.05) is 11.8 Å². The lowest BCUT2D eigenvalue weighted by Gasteiger charge is -2.57. The second kappa shape index (κ2) is 7.23. The Morgan fingerprint density at radius 2 is 2.00 bits per heavy atom. The van der Waals surface area contributed by atoms with Gasteiger partial charge in [0.15, 0.2) is 10.1 Å². The van der Waals surface area contributed by atoms with E-state index in [9.17, 15) is 0 Å². The average molecular weight is 421 g/mol. The van der Waals surface area contributed by atoms with Gasteiger partial charge in [0.25, 0.3) is 0 Å². The highest BCUT2D eigenvalue weighted by atomic mass is 32.2. The fraction of sp³-hybridized carbons (Fsp3) is 0.700. The van der Waals surface area contributed by atoms with Crippen LogP contribution in [-0.4, -0.2) is 32.3 Å². The molecule has 2 N–H and O–H groups in total. The van der Waals surface area contributed by atoms with Crippen molar-refractivity contribution in [3.05, 3.63) is 23.0 Å². The summed E-state index contributed by atoms with van der Waals surface area (Å²) >= 11 is 9.30. The van der Waals surface area contributed by atoms with Crippen molar-refractivity contribution in [1.29, 1.82) is 0 Å². The van der Waals surface area contributed by atoms with E-state index in [1.54, 1.807) is 11.3 Å². The molecule has 2 heterocycles. The largest absolute Gasteiger partial charge is 0.362 e. The zero-order chi connectivity index (χ0) is 18.4. The molecule has 0 aromatic carbocycles. The van der Waals surface area contributed by atoms with Crippen LogP contribution in [0, 0.1) is 24.7 Å². The van der Waals surface area contributed by atoms with Crippen LogP contribution in [-0.2, 0) is 5.75 Å². The molecule has 2 aromatic heterocycles. The molecule has 0 spiro atoms. The molecule has 6 rings (SSSR count). The molecule has 4 nitrogen and oxygen atoms in total. The third kappa shape index (κ3) is 3.62. The Bertz CT molecular complexity index is 804. The fourth-order valence-corrected chi connectivity index (χ4v) is 8.10. The molecule has 0 radical (unpaired) electrons. The number of thiazole rings is 1. The van der Waals surface area contributed by atoms with Crippen LogP contribution in [0.2, 0.25) is 0 Å². The maximum absolute atomic E-state index is 5.65. The van der Waals surface area contributed by atoms with Crippen molar-refractivity contribution in [2.45, 2.75) is 56.7 Å². The molecule has 0 atom stereocenters. The molecule has 4 aliphatic rings. The number of fused-ring (bicyclic) bond motifs is 1. The molecule has 7 heteroatoms. The molecular weight excluding hydrogens is 392 g/mol. The summed E-state index contributed by atoms with van der Waals surface area (Å²) in [6, 6.07) is 0. The summed E-state index contributed by atoms with van der Waals surface area (Å²) in [6.07, 6.45) is 10.6. The third-order valence-electron chi connectivity index (χ3n) is 6.75. The maximum atomic E-state index is 5.65. The molecule has 2 aromatic rings. The number of hydrogen-bond donors (Lipinski definition) is 2. The van der Waals surface area contributed by atoms with E-state index in [0.717, 1.165) is 51.6 Å². The first-order valence-corrected chi connectivity index (χ1v) is 12.6. The zero-order valence-corrected chi connectivity index (χ0v) is 18.3. The van der Waals surface area contributed by atoms with Crippen molar-refractivity contribution in [2.24, 2.45) is 17.8 Å². The van der Waals surface area contributed by atoms with E-state index < -0.39 is 0 Å². The number of nitrogens with zero attached hydrogens (tertiary/aromatic N) is 2. The Hall–Kier alpha value is -0.790. The Kier molecular flexibility index (Phi) is 4.89. The highest BCUT2D eigenvalue weighted by molar-refractivity contribution is 7.98. The molecule has 4 aliphatic carbocycles. The van der Waals surface area contributed by atoms with Crippen molar-refractivity contribution in [3.63, 3.8) is 0 Å². The van der Waals surface area contributed by atoms with Crippen LogP contribution in [0.4, 0.5) is 0 Å². The minimum atomic E-state index is 0.311. The topological polar surface area (TPSA) is 41.4 Å². The first-order valence-electron chi connectivity index (χ1n) is 10.1. The normalized spacial score (nSPS) is 31.5. The van der Waals surface area contributed by atoms with Gasteiger partial charge >= 0.3 is 0 Å². The monoisotopic (exact) mass is 420 g/mol. The smallest absolute Gasteiger partial charge is 0.194 e. The van der Waals surface area contributed by atoms with Crippen molar-refractivity contribution in [2.75, 3.05) is 12.3 Å². The summed E-state index contributed by atoms with van der Waals surface area (Å²) in [6.45, 7) is 3.03. The average Bonchev–Trinajstić information content (AvgIpc) is 3.14. The molecule has 0 aliphatic heterocycles. The number of aromatic nitrogens is 2. The van der Waals surface area contributed by atoms with Gasteiger partial charge in [0, 0.05) is 35.2 Å². The van der Waals surface area contributed by atoms with Gasteiger partial charge in [-0.1, -0.05) is 0 Å². The van der Waals surface area contributed by atoms with E-state index in [2.05, 4.69) is 38.5 Å². The lowest BCUT2D eigenvalue weighted by molar-refractivity contribution is -0.0101. The molecule has 0 unspecified atom stereocenters. The van der Waals surface area contributed by atoms with Gasteiger partial charge in [-0.25, -0.2) is 4.98 Å². The highest BCUT2D eigenvalue weighted by Crippen LogP contribution is 2.55. The Morgan fingerprint density at radius 1 is 1.30 bits per heavy atom. The van der Waals surface area contributed by atoms with Crippen LogP contribution in [0.3, 0.4) is 0 Å². The van der Waals surface area contributed by atoms with Crippen LogP contribution in [0.25, 0.3) is 4.96 Å². The molecular formula is C20H28N4S3. The highest BCUT2D eigenvalue weighted by Gasteiger charge is 2.51. The van der Waals surface area contributed by atoms with Gasteiger partial charge in [0.1, 0.15) is 0 Å². The van der Waals surface area contributed by atoms with E-state index in [1.165, 1.54) is 44.2 Å². The predicted octanol–water partition coefficient (Wildman–Crippen LogP) is 4.37. The fourth-order valence-electron chi connectivity index (χ4n) is 6.07. The second-order valence-corrected chi connectivity index (χ2v) is 11.2. The predicted molar refractivity (Wildman–Crippen MR) is 119 cm³/mol. The molecule has 27 heavy (non-hydrogen) atoms. The quantitative estimate of drug-likeness (QED) is 0.536. The molecule has 0 saturated heterocycles. The number of imidazole rings is 1. The van der Waals surface area contributed by atoms with Crippen LogP contribution in [0.5, 0.6) is 0 Å². The Balaban J connectivity index is 1.07. The van der Waals surface area contributed by atoms with E-state index in [0.29, 0.717) is 5.54 Å². The standard InChI is InChI=1S/C20H28N4S3/c1-13-17(24-3-5-27-19(24)22-13)12-26-4-2-21-18(25)23-20-9-14-6-15(10-20)8-16(7-14)11-20/h3,5,14-16H,2,4,6-12H2,1H3,(H2,21,23,25). The summed E-state index contributed by atoms with van der Waals surface area (Å²) in [5.41, 5.74) is 2.79. The number of aryl methyl sites for hydroxylation is 1. The lowest BCUT2D eigenvalue weighted by atomic mass is 9.53. The first kappa shape index (κ1) is 18.3. The lowest BCUT2D eigenvalue weighted by Crippen LogP contribution is -2.61. The van der Waals surface area contributed by atoms with Gasteiger partial charge in [0.2, 0.25) is 0 Å². The molecule has 0 amide bonds. The molecule has 4 fully saturated rings. The van der Waals surface area contributed by atoms with Crippen molar-refractivity contribution in [3.8, 4) is 0 Å². The summed E-state index contributed by atoms with van der Waals surface area (Å²) in [7, 11) is 0. The van der Waals surface area contributed by atoms with Crippen LogP contribution in [0.1, 0.15) is 49.9 Å². The van der Waals surface area contributed by atoms with Gasteiger partial charge in [-0.05, 0) is 75.4 Å². The number of thiocarbonyl (C=S) groups is 1. The zero-order valence-electron chi connectivity index (χ0n) is 15.9. The van der Waals surface area contributed by atoms with Gasteiger partial charge < -0.3 is 10.6 Å². The first-order chi connectivity index (χ1) is 13.1. The van der Waals surface area contributed by atoms with E-state index >= 15 is 0 Å². The van der Waals surface area contributed by atoms with Gasteiger partial charge in [-0.3, -0.25) is 4.40 Å². The van der Waals surface area contributed by atoms with E-state index in [4.69, 9.17) is 12.2 Å². The van der Waals surface area contributed by atoms with Gasteiger partial charge in [-0.2, -0.15) is 11.8 Å². The van der Waals surface area contributed by atoms with E-state index in [-0.39, 0.29) is 0 Å². The van der Waals surface area contributed by atoms with Crippen LogP contribution in [0.15, 0.2) is 11.6 Å². The number of thioether (sulfide) groups is 1. The summed E-state index contributed by atoms with van der Waals surface area (Å²) in [5, 5.41) is 10.2. The molecule has 4 bridgehead atoms. The minimum Gasteiger partial charge on any atom is -0.362 e. The molecule has 4 saturated carbocycles. The second-order valence-electron chi connectivity index (χ2n) is 8.83. The summed E-state index contributed by atoms with van der Waals surface area (Å²) in [5.74, 6) is 4.92. The number of rotatable bonds is 6. The van der Waals surface area contributed by atoms with Gasteiger partial charge in [-0.15, -0.1) is 11.3 Å². The van der Waals surface area contributed by atoms with Gasteiger partial charge in [0.05, 0.1) is 11.4 Å². The van der Waals surface area contributed by atoms with Crippen LogP contribution >= 0.6 is 35.3 Å². The van der Waals surface area contributed by atoms with Crippen molar-refractivity contribution in [1.82, 2.24) is 20.0 Å². The summed E-state index contributed by atoms with van der Waals surface area (Å²) in [4.78, 5) is 5.72. The Morgan fingerprint density at radius 3 is 2.70 bits per heavy atom. The Labute approximate surface area is 174 Å². The van der Waals surface area contributed by atoms with Crippen molar-refractivity contribution < 1.29 is 0 Å². The number of hydrogen-bond acceptors (Lipinski definition) is 4. The van der Waals surface area contributed by atoms with Crippen molar-refractivity contribution >= 4 is 45.4 Å². The number of nitrogens with one attached hydrogen (secondary N) is 2. The maximum Gasteiger partial charge on any atom is 0.194 e. The SMILES string of the molecule is Cc1nc2sccn2c1CSCCNC(=S)NC12CC3CC(CC(C3)C1)C2. The minimum absolute atomic E-state index is 0.311.